The highest BCUT2D eigenvalue weighted by Gasteiger charge is 2.06. The van der Waals surface area contributed by atoms with Crippen LogP contribution in [0.25, 0.3) is 22.4 Å². The van der Waals surface area contributed by atoms with Crippen molar-refractivity contribution in [3.05, 3.63) is 89.0 Å². The highest BCUT2D eigenvalue weighted by molar-refractivity contribution is 5.68. The molecule has 0 aliphatic rings. The van der Waals surface area contributed by atoms with Gasteiger partial charge in [-0.25, -0.2) is 0 Å². The van der Waals surface area contributed by atoms with Crippen molar-refractivity contribution in [1.29, 1.82) is 0 Å². The second kappa shape index (κ2) is 10.1. The predicted molar refractivity (Wildman–Crippen MR) is 126 cm³/mol. The lowest BCUT2D eigenvalue weighted by molar-refractivity contribution is 0.448. The van der Waals surface area contributed by atoms with Crippen molar-refractivity contribution in [3.8, 4) is 28.1 Å². The molecule has 0 saturated carbocycles. The molecule has 4 aromatic rings. The molecular weight excluding hydrogens is 400 g/mol. The van der Waals surface area contributed by atoms with Crippen molar-refractivity contribution in [2.75, 3.05) is 0 Å². The van der Waals surface area contributed by atoms with Crippen molar-refractivity contribution in [2.24, 2.45) is 0 Å². The van der Waals surface area contributed by atoms with Crippen LogP contribution in [0.3, 0.4) is 0 Å². The molecule has 4 rings (SSSR count). The first kappa shape index (κ1) is 21.6. The van der Waals surface area contributed by atoms with Crippen molar-refractivity contribution >= 4 is 0 Å². The van der Waals surface area contributed by atoms with Crippen LogP contribution in [-0.4, -0.2) is 24.7 Å². The molecule has 2 heterocycles. The topological polar surface area (TPSA) is 72.9 Å². The summed E-state index contributed by atoms with van der Waals surface area (Å²) < 4.78 is 3.84. The number of benzene rings is 2. The Hall–Kier alpha value is -3.67. The fourth-order valence-electron chi connectivity index (χ4n) is 3.82. The third-order valence-electron chi connectivity index (χ3n) is 5.78. The smallest absolute Gasteiger partial charge is 0.223 e. The van der Waals surface area contributed by atoms with Gasteiger partial charge in [0.2, 0.25) is 5.43 Å². The van der Waals surface area contributed by atoms with E-state index in [4.69, 9.17) is 0 Å². The highest BCUT2D eigenvalue weighted by Crippen LogP contribution is 2.23. The second-order valence-electron chi connectivity index (χ2n) is 8.03. The van der Waals surface area contributed by atoms with Gasteiger partial charge in [-0.2, -0.15) is 0 Å². The van der Waals surface area contributed by atoms with E-state index in [9.17, 15) is 9.90 Å². The summed E-state index contributed by atoms with van der Waals surface area (Å²) in [6.45, 7) is 3.41. The van der Waals surface area contributed by atoms with Gasteiger partial charge in [-0.1, -0.05) is 72.7 Å². The van der Waals surface area contributed by atoms with Gasteiger partial charge in [0.25, 0.3) is 0 Å². The molecule has 2 aromatic carbocycles. The summed E-state index contributed by atoms with van der Waals surface area (Å²) in [5.41, 5.74) is 4.65. The van der Waals surface area contributed by atoms with Gasteiger partial charge < -0.3 is 9.67 Å². The van der Waals surface area contributed by atoms with Gasteiger partial charge in [0.1, 0.15) is 5.69 Å². The first-order valence-electron chi connectivity index (χ1n) is 11.1. The first-order valence-corrected chi connectivity index (χ1v) is 11.1. The van der Waals surface area contributed by atoms with E-state index in [0.29, 0.717) is 5.69 Å². The quantitative estimate of drug-likeness (QED) is 0.379. The standard InChI is InChI=1S/C26H28N4O2/c1-20-26(32)25(31)15-18-29(20)16-7-2-3-8-17-30-19-24(27-28-30)23-13-11-22(12-14-23)21-9-5-4-6-10-21/h4-6,9-15,18-19,32H,2-3,7-8,16-17H2,1H3. The molecule has 0 aliphatic heterocycles. The zero-order valence-corrected chi connectivity index (χ0v) is 18.3. The van der Waals surface area contributed by atoms with Crippen LogP contribution in [0.5, 0.6) is 5.75 Å². The normalized spacial score (nSPS) is 11.0. The van der Waals surface area contributed by atoms with Crippen molar-refractivity contribution in [1.82, 2.24) is 19.6 Å². The number of nitrogens with zero attached hydrogens (tertiary/aromatic N) is 4. The molecule has 1 N–H and O–H groups in total. The van der Waals surface area contributed by atoms with Crippen LogP contribution >= 0.6 is 0 Å². The van der Waals surface area contributed by atoms with Gasteiger partial charge in [-0.15, -0.1) is 5.10 Å². The molecule has 0 unspecified atom stereocenters. The highest BCUT2D eigenvalue weighted by atomic mass is 16.3. The Balaban J connectivity index is 1.23. The largest absolute Gasteiger partial charge is 0.503 e. The SMILES string of the molecule is Cc1c(O)c(=O)ccn1CCCCCCn1cc(-c2ccc(-c3ccccc3)cc2)nn1. The van der Waals surface area contributed by atoms with Gasteiger partial charge in [-0.05, 0) is 30.9 Å². The van der Waals surface area contributed by atoms with Crippen LogP contribution in [0, 0.1) is 6.92 Å². The summed E-state index contributed by atoms with van der Waals surface area (Å²) in [4.78, 5) is 11.4. The van der Waals surface area contributed by atoms with E-state index in [1.165, 1.54) is 17.2 Å². The van der Waals surface area contributed by atoms with E-state index in [1.807, 2.05) is 33.6 Å². The Labute approximate surface area is 187 Å². The average molecular weight is 429 g/mol. The summed E-state index contributed by atoms with van der Waals surface area (Å²) in [7, 11) is 0. The van der Waals surface area contributed by atoms with E-state index < -0.39 is 0 Å². The van der Waals surface area contributed by atoms with Crippen LogP contribution < -0.4 is 5.43 Å². The number of hydrogen-bond donors (Lipinski definition) is 1. The third-order valence-corrected chi connectivity index (χ3v) is 5.78. The maximum Gasteiger partial charge on any atom is 0.223 e. The summed E-state index contributed by atoms with van der Waals surface area (Å²) in [5, 5.41) is 18.4. The van der Waals surface area contributed by atoms with E-state index in [0.717, 1.165) is 50.0 Å². The maximum atomic E-state index is 11.4. The van der Waals surface area contributed by atoms with E-state index >= 15 is 0 Å². The van der Waals surface area contributed by atoms with Crippen LogP contribution in [-0.2, 0) is 13.1 Å². The molecule has 32 heavy (non-hydrogen) atoms. The molecule has 2 aromatic heterocycles. The monoisotopic (exact) mass is 428 g/mol. The van der Waals surface area contributed by atoms with Crippen LogP contribution in [0.1, 0.15) is 31.4 Å². The second-order valence-corrected chi connectivity index (χ2v) is 8.03. The molecule has 6 nitrogen and oxygen atoms in total. The molecule has 164 valence electrons. The molecule has 0 saturated heterocycles. The first-order chi connectivity index (χ1) is 15.6. The van der Waals surface area contributed by atoms with Crippen LogP contribution in [0.4, 0.5) is 0 Å². The Bertz CT molecular complexity index is 1210. The van der Waals surface area contributed by atoms with Crippen LogP contribution in [0.15, 0.2) is 77.9 Å². The molecular formula is C26H28N4O2. The Kier molecular flexibility index (Phi) is 6.80. The van der Waals surface area contributed by atoms with Gasteiger partial charge in [0, 0.05) is 30.9 Å². The maximum absolute atomic E-state index is 11.4. The van der Waals surface area contributed by atoms with Crippen molar-refractivity contribution < 1.29 is 5.11 Å². The molecule has 0 bridgehead atoms. The third kappa shape index (κ3) is 5.14. The lowest BCUT2D eigenvalue weighted by Gasteiger charge is -2.11. The molecule has 0 amide bonds. The number of unbranched alkanes of at least 4 members (excludes halogenated alkanes) is 3. The lowest BCUT2D eigenvalue weighted by Crippen LogP contribution is -2.10. The van der Waals surface area contributed by atoms with Gasteiger partial charge in [-0.3, -0.25) is 9.48 Å². The molecule has 0 aliphatic carbocycles. The molecule has 0 atom stereocenters. The van der Waals surface area contributed by atoms with Crippen molar-refractivity contribution in [3.63, 3.8) is 0 Å². The van der Waals surface area contributed by atoms with Crippen molar-refractivity contribution in [2.45, 2.75) is 45.7 Å². The minimum Gasteiger partial charge on any atom is -0.503 e. The van der Waals surface area contributed by atoms with E-state index in [2.05, 4.69) is 46.7 Å². The molecule has 0 fully saturated rings. The number of hydrogen-bond acceptors (Lipinski definition) is 4. The summed E-state index contributed by atoms with van der Waals surface area (Å²) >= 11 is 0. The van der Waals surface area contributed by atoms with Gasteiger partial charge in [0.05, 0.1) is 11.9 Å². The van der Waals surface area contributed by atoms with Gasteiger partial charge >= 0.3 is 0 Å². The lowest BCUT2D eigenvalue weighted by atomic mass is 10.0. The minimum absolute atomic E-state index is 0.149. The number of pyridine rings is 1. The average Bonchev–Trinajstić information content (AvgIpc) is 3.31. The fraction of sp³-hybridized carbons (Fsp3) is 0.269. The Morgan fingerprint density at radius 3 is 2.22 bits per heavy atom. The summed E-state index contributed by atoms with van der Waals surface area (Å²) in [6.07, 6.45) is 7.95. The summed E-state index contributed by atoms with van der Waals surface area (Å²) in [6, 6.07) is 20.2. The number of aromatic nitrogens is 4. The van der Waals surface area contributed by atoms with E-state index in [1.54, 1.807) is 13.1 Å². The zero-order chi connectivity index (χ0) is 22.3. The predicted octanol–water partition coefficient (Wildman–Crippen LogP) is 5.05. The molecule has 6 heteroatoms. The fourth-order valence-corrected chi connectivity index (χ4v) is 3.82. The van der Waals surface area contributed by atoms with E-state index in [-0.39, 0.29) is 11.2 Å². The van der Waals surface area contributed by atoms with Crippen LogP contribution in [0.2, 0.25) is 0 Å². The molecule has 0 spiro atoms. The molecule has 0 radical (unpaired) electrons. The van der Waals surface area contributed by atoms with Gasteiger partial charge in [0.15, 0.2) is 5.75 Å². The Morgan fingerprint density at radius 1 is 0.812 bits per heavy atom. The summed E-state index contributed by atoms with van der Waals surface area (Å²) in [5.74, 6) is -0.149. The number of aromatic hydroxyl groups is 1. The number of rotatable bonds is 9. The minimum atomic E-state index is -0.321. The Morgan fingerprint density at radius 2 is 1.47 bits per heavy atom. The zero-order valence-electron chi connectivity index (χ0n) is 18.3. The number of aryl methyl sites for hydroxylation is 2.